The number of hydrogen-bond acceptors (Lipinski definition) is 2. The van der Waals surface area contributed by atoms with E-state index in [0.29, 0.717) is 11.9 Å². The van der Waals surface area contributed by atoms with E-state index >= 15 is 0 Å². The maximum Gasteiger partial charge on any atom is 0.309 e. The van der Waals surface area contributed by atoms with Crippen molar-refractivity contribution in [2.45, 2.75) is 26.8 Å². The molecule has 3 nitrogen and oxygen atoms in total. The van der Waals surface area contributed by atoms with Crippen molar-refractivity contribution in [2.24, 2.45) is 4.99 Å². The third-order valence-corrected chi connectivity index (χ3v) is 1.42. The summed E-state index contributed by atoms with van der Waals surface area (Å²) in [5, 5.41) is 0. The molecule has 0 aromatic heterocycles. The highest BCUT2D eigenvalue weighted by Crippen LogP contribution is 1.98. The maximum absolute atomic E-state index is 10.7. The van der Waals surface area contributed by atoms with Gasteiger partial charge in [-0.2, -0.15) is 0 Å². The minimum absolute atomic E-state index is 0.0381. The van der Waals surface area contributed by atoms with Crippen LogP contribution in [0.1, 0.15) is 20.8 Å². The number of amidine groups is 1. The van der Waals surface area contributed by atoms with Crippen molar-refractivity contribution in [3.8, 4) is 0 Å². The number of hydrogen-bond donors (Lipinski definition) is 0. The minimum atomic E-state index is 0.0381. The zero-order valence-corrected chi connectivity index (χ0v) is 6.46. The van der Waals surface area contributed by atoms with Gasteiger partial charge in [0, 0.05) is 6.92 Å². The second-order valence-electron chi connectivity index (χ2n) is 2.63. The lowest BCUT2D eigenvalue weighted by atomic mass is 10.3. The minimum Gasteiger partial charge on any atom is -0.288 e. The highest BCUT2D eigenvalue weighted by atomic mass is 16.1. The SMILES string of the molecule is CC(=O)C1=[N+](C(C)C)C=N1. The molecule has 0 bridgehead atoms. The van der Waals surface area contributed by atoms with E-state index < -0.39 is 0 Å². The highest BCUT2D eigenvalue weighted by molar-refractivity contribution is 6.39. The average molecular weight is 139 g/mol. The van der Waals surface area contributed by atoms with E-state index in [9.17, 15) is 4.79 Å². The Balaban J connectivity index is 2.78. The molecule has 0 aromatic rings. The second-order valence-corrected chi connectivity index (χ2v) is 2.63. The van der Waals surface area contributed by atoms with Crippen molar-refractivity contribution in [3.63, 3.8) is 0 Å². The predicted octanol–water partition coefficient (Wildman–Crippen LogP) is 0.437. The maximum atomic E-state index is 10.7. The molecule has 1 rings (SSSR count). The molecule has 54 valence electrons. The van der Waals surface area contributed by atoms with Crippen LogP contribution in [0.15, 0.2) is 4.99 Å². The van der Waals surface area contributed by atoms with Crippen molar-refractivity contribution in [2.75, 3.05) is 0 Å². The van der Waals surface area contributed by atoms with Crippen LogP contribution in [0.5, 0.6) is 0 Å². The van der Waals surface area contributed by atoms with Crippen LogP contribution in [0, 0.1) is 0 Å². The van der Waals surface area contributed by atoms with E-state index in [-0.39, 0.29) is 5.78 Å². The molecule has 3 heteroatoms. The Morgan fingerprint density at radius 3 is 2.40 bits per heavy atom. The van der Waals surface area contributed by atoms with Gasteiger partial charge >= 0.3 is 5.84 Å². The van der Waals surface area contributed by atoms with Crippen LogP contribution >= 0.6 is 0 Å². The van der Waals surface area contributed by atoms with Gasteiger partial charge < -0.3 is 0 Å². The average Bonchev–Trinajstić information content (AvgIpc) is 1.56. The predicted molar refractivity (Wildman–Crippen MR) is 39.6 cm³/mol. The molecule has 0 amide bonds. The van der Waals surface area contributed by atoms with Crippen molar-refractivity contribution >= 4 is 18.0 Å². The molecule has 0 radical (unpaired) electrons. The molecule has 0 spiro atoms. The molecule has 10 heavy (non-hydrogen) atoms. The van der Waals surface area contributed by atoms with Gasteiger partial charge in [-0.25, -0.2) is 4.58 Å². The van der Waals surface area contributed by atoms with E-state index in [0.717, 1.165) is 0 Å². The Hall–Kier alpha value is -0.990. The third-order valence-electron chi connectivity index (χ3n) is 1.42. The molecule has 0 saturated carbocycles. The molecule has 0 aliphatic carbocycles. The van der Waals surface area contributed by atoms with Crippen molar-refractivity contribution < 1.29 is 9.37 Å². The van der Waals surface area contributed by atoms with Crippen molar-refractivity contribution in [1.82, 2.24) is 0 Å². The normalized spacial score (nSPS) is 16.0. The molecule has 0 atom stereocenters. The highest BCUT2D eigenvalue weighted by Gasteiger charge is 2.24. The largest absolute Gasteiger partial charge is 0.309 e. The molecular weight excluding hydrogens is 128 g/mol. The lowest BCUT2D eigenvalue weighted by Gasteiger charge is -2.12. The Labute approximate surface area is 60.1 Å². The molecule has 1 aliphatic rings. The summed E-state index contributed by atoms with van der Waals surface area (Å²) in [6.07, 6.45) is 1.68. The first-order valence-electron chi connectivity index (χ1n) is 3.33. The van der Waals surface area contributed by atoms with Crippen LogP contribution < -0.4 is 0 Å². The molecule has 0 unspecified atom stereocenters. The molecule has 1 aliphatic heterocycles. The lowest BCUT2D eigenvalue weighted by Crippen LogP contribution is -2.36. The fourth-order valence-electron chi connectivity index (χ4n) is 0.833. The van der Waals surface area contributed by atoms with E-state index in [1.807, 2.05) is 18.4 Å². The van der Waals surface area contributed by atoms with E-state index in [2.05, 4.69) is 4.99 Å². The van der Waals surface area contributed by atoms with Gasteiger partial charge in [-0.15, -0.1) is 0 Å². The molecule has 1 heterocycles. The van der Waals surface area contributed by atoms with E-state index in [1.165, 1.54) is 6.92 Å². The number of ketones is 1. The molecule has 0 aromatic carbocycles. The summed E-state index contributed by atoms with van der Waals surface area (Å²) < 4.78 is 1.86. The summed E-state index contributed by atoms with van der Waals surface area (Å²) in [5.41, 5.74) is 0. The van der Waals surface area contributed by atoms with Gasteiger partial charge in [-0.1, -0.05) is 4.99 Å². The zero-order chi connectivity index (χ0) is 7.72. The van der Waals surface area contributed by atoms with Gasteiger partial charge in [0.1, 0.15) is 0 Å². The number of carbonyl (C=O) groups excluding carboxylic acids is 1. The Morgan fingerprint density at radius 2 is 2.30 bits per heavy atom. The van der Waals surface area contributed by atoms with Crippen molar-refractivity contribution in [3.05, 3.63) is 0 Å². The van der Waals surface area contributed by atoms with Crippen LogP contribution in [0.4, 0.5) is 0 Å². The van der Waals surface area contributed by atoms with Crippen LogP contribution in [-0.2, 0) is 4.79 Å². The summed E-state index contributed by atoms with van der Waals surface area (Å²) in [5.74, 6) is 0.617. The van der Waals surface area contributed by atoms with Crippen molar-refractivity contribution in [1.29, 1.82) is 0 Å². The summed E-state index contributed by atoms with van der Waals surface area (Å²) in [6.45, 7) is 5.57. The smallest absolute Gasteiger partial charge is 0.288 e. The number of carbonyl (C=O) groups is 1. The number of nitrogens with zero attached hydrogens (tertiary/aromatic N) is 2. The summed E-state index contributed by atoms with van der Waals surface area (Å²) in [6, 6.07) is 0.344. The summed E-state index contributed by atoms with van der Waals surface area (Å²) >= 11 is 0. The topological polar surface area (TPSA) is 32.4 Å². The van der Waals surface area contributed by atoms with Crippen LogP contribution in [-0.4, -0.2) is 28.6 Å². The summed E-state index contributed by atoms with van der Waals surface area (Å²) in [7, 11) is 0. The lowest BCUT2D eigenvalue weighted by molar-refractivity contribution is -0.446. The van der Waals surface area contributed by atoms with Gasteiger partial charge in [0.15, 0.2) is 0 Å². The van der Waals surface area contributed by atoms with E-state index in [1.54, 1.807) is 6.34 Å². The standard InChI is InChI=1S/C7H11N2O/c1-5(2)9-4-8-7(9)6(3)10/h4-5H,1-3H3/q+1. The molecule has 0 fully saturated rings. The number of rotatable bonds is 2. The fourth-order valence-corrected chi connectivity index (χ4v) is 0.833. The fraction of sp³-hybridized carbons (Fsp3) is 0.571. The van der Waals surface area contributed by atoms with Gasteiger partial charge in [0.2, 0.25) is 12.1 Å². The molecule has 0 N–H and O–H groups in total. The molecule has 0 saturated heterocycles. The van der Waals surface area contributed by atoms with Gasteiger partial charge in [0.05, 0.1) is 6.04 Å². The second kappa shape index (κ2) is 2.33. The Kier molecular flexibility index (Phi) is 1.66. The first-order valence-corrected chi connectivity index (χ1v) is 3.33. The van der Waals surface area contributed by atoms with E-state index in [4.69, 9.17) is 0 Å². The first-order chi connectivity index (χ1) is 4.63. The summed E-state index contributed by atoms with van der Waals surface area (Å²) in [4.78, 5) is 14.6. The van der Waals surface area contributed by atoms with Crippen LogP contribution in [0.25, 0.3) is 0 Å². The third kappa shape index (κ3) is 0.988. The van der Waals surface area contributed by atoms with Gasteiger partial charge in [-0.3, -0.25) is 4.79 Å². The number of Topliss-reactive ketones (excluding diaryl/α,β-unsaturated/α-hetero) is 1. The molecular formula is C7H11N2O+. The quantitative estimate of drug-likeness (QED) is 0.511. The first kappa shape index (κ1) is 7.12. The Morgan fingerprint density at radius 1 is 1.70 bits per heavy atom. The van der Waals surface area contributed by atoms with Gasteiger partial charge in [0.25, 0.3) is 0 Å². The Bertz CT molecular complexity index is 226. The zero-order valence-electron chi connectivity index (χ0n) is 6.46. The van der Waals surface area contributed by atoms with Gasteiger partial charge in [-0.05, 0) is 13.8 Å². The van der Waals surface area contributed by atoms with Crippen LogP contribution in [0.3, 0.4) is 0 Å². The monoisotopic (exact) mass is 139 g/mol. The van der Waals surface area contributed by atoms with Crippen LogP contribution in [0.2, 0.25) is 0 Å². The number of aliphatic imine (C=N–C) groups is 1.